The average Bonchev–Trinajstić information content (AvgIpc) is 3.22. The van der Waals surface area contributed by atoms with Gasteiger partial charge in [0.1, 0.15) is 17.2 Å². The summed E-state index contributed by atoms with van der Waals surface area (Å²) in [6, 6.07) is 13.0. The van der Waals surface area contributed by atoms with Crippen molar-refractivity contribution in [1.82, 2.24) is 4.90 Å². The Labute approximate surface area is 260 Å². The van der Waals surface area contributed by atoms with Crippen LogP contribution in [0.1, 0.15) is 28.4 Å². The van der Waals surface area contributed by atoms with Gasteiger partial charge in [-0.25, -0.2) is 4.79 Å². The number of carbonyl (C=O) groups excluding carboxylic acids is 4. The minimum Gasteiger partial charge on any atom is -0.462 e. The molecule has 1 saturated heterocycles. The molecule has 16 heteroatoms. The van der Waals surface area contributed by atoms with Gasteiger partial charge in [-0.2, -0.15) is 8.42 Å². The van der Waals surface area contributed by atoms with Crippen molar-refractivity contribution >= 4 is 74.0 Å². The van der Waals surface area contributed by atoms with Crippen molar-refractivity contribution in [3.63, 3.8) is 0 Å². The van der Waals surface area contributed by atoms with E-state index in [1.165, 1.54) is 67.6 Å². The molecule has 1 aliphatic rings. The lowest BCUT2D eigenvalue weighted by Gasteiger charge is -2.13. The van der Waals surface area contributed by atoms with Crippen molar-refractivity contribution in [2.75, 3.05) is 18.5 Å². The number of nitro benzene ring substituents is 1. The number of benzene rings is 3. The quantitative estimate of drug-likeness (QED) is 0.0996. The molecule has 1 fully saturated rings. The number of imide groups is 1. The summed E-state index contributed by atoms with van der Waals surface area (Å²) in [5.41, 5.74) is 0.575. The molecule has 3 amide bonds. The van der Waals surface area contributed by atoms with E-state index in [4.69, 9.17) is 20.5 Å². The molecule has 228 valence electrons. The number of hydrogen-bond donors (Lipinski definition) is 1. The normalized spacial score (nSPS) is 14.1. The largest absolute Gasteiger partial charge is 0.462 e. The number of rotatable bonds is 10. The Hall–Kier alpha value is -4.73. The number of nitrogens with one attached hydrogen (secondary N) is 1. The summed E-state index contributed by atoms with van der Waals surface area (Å²) in [6.45, 7) is 2.63. The van der Waals surface area contributed by atoms with E-state index < -0.39 is 49.5 Å². The van der Waals surface area contributed by atoms with E-state index in [0.29, 0.717) is 17.3 Å². The number of anilines is 1. The molecule has 0 unspecified atom stereocenters. The second-order valence-electron chi connectivity index (χ2n) is 9.04. The molecule has 0 aromatic heterocycles. The number of thioether (sulfide) groups is 1. The first-order valence-corrected chi connectivity index (χ1v) is 15.2. The molecule has 4 rings (SSSR count). The summed E-state index contributed by atoms with van der Waals surface area (Å²) in [7, 11) is -4.39. The van der Waals surface area contributed by atoms with Crippen LogP contribution in [0.15, 0.2) is 70.5 Å². The molecule has 1 N–H and O–H groups in total. The third kappa shape index (κ3) is 7.42. The highest BCUT2D eigenvalue weighted by molar-refractivity contribution is 8.18. The number of nitrogens with zero attached hydrogens (tertiary/aromatic N) is 2. The van der Waals surface area contributed by atoms with Gasteiger partial charge >= 0.3 is 16.1 Å². The lowest BCUT2D eigenvalue weighted by Crippen LogP contribution is -2.36. The van der Waals surface area contributed by atoms with E-state index in [-0.39, 0.29) is 44.8 Å². The summed E-state index contributed by atoms with van der Waals surface area (Å²) in [4.78, 5) is 60.9. The number of esters is 1. The highest BCUT2D eigenvalue weighted by Gasteiger charge is 2.36. The SMILES string of the molecule is CCOC(=O)c1cc(NC(=O)CN2C(=O)S/C(=C\c3ccc(OS(=O)(=O)c4ccc(C)c([N+](=O)[O-])c4)cc3)C2=O)ccc1Cl. The number of carbonyl (C=O) groups is 4. The maximum Gasteiger partial charge on any atom is 0.339 e. The van der Waals surface area contributed by atoms with Gasteiger partial charge in [-0.15, -0.1) is 0 Å². The molecular formula is C28H22ClN3O10S2. The Bertz CT molecular complexity index is 1830. The van der Waals surface area contributed by atoms with Crippen LogP contribution < -0.4 is 9.50 Å². The molecule has 0 aliphatic carbocycles. The van der Waals surface area contributed by atoms with E-state index in [1.807, 2.05) is 0 Å². The fraction of sp³-hybridized carbons (Fsp3) is 0.143. The van der Waals surface area contributed by atoms with E-state index in [1.54, 1.807) is 6.92 Å². The number of ether oxygens (including phenoxy) is 1. The van der Waals surface area contributed by atoms with Gasteiger partial charge in [-0.05, 0) is 73.6 Å². The summed E-state index contributed by atoms with van der Waals surface area (Å²) < 4.78 is 35.3. The number of nitro groups is 1. The zero-order chi connectivity index (χ0) is 32.2. The van der Waals surface area contributed by atoms with Crippen LogP contribution in [0, 0.1) is 17.0 Å². The predicted molar refractivity (Wildman–Crippen MR) is 161 cm³/mol. The first-order chi connectivity index (χ1) is 20.8. The zero-order valence-electron chi connectivity index (χ0n) is 22.9. The van der Waals surface area contributed by atoms with Crippen LogP contribution in [0.2, 0.25) is 5.02 Å². The second-order valence-corrected chi connectivity index (χ2v) is 12.0. The third-order valence-corrected chi connectivity index (χ3v) is 8.45. The molecule has 1 heterocycles. The Balaban J connectivity index is 1.41. The molecule has 44 heavy (non-hydrogen) atoms. The van der Waals surface area contributed by atoms with Crippen molar-refractivity contribution in [2.24, 2.45) is 0 Å². The van der Waals surface area contributed by atoms with Crippen LogP contribution in [0.4, 0.5) is 16.2 Å². The van der Waals surface area contributed by atoms with Crippen LogP contribution in [0.3, 0.4) is 0 Å². The molecule has 3 aromatic carbocycles. The molecule has 0 spiro atoms. The third-order valence-electron chi connectivity index (χ3n) is 5.97. The smallest absolute Gasteiger partial charge is 0.339 e. The van der Waals surface area contributed by atoms with E-state index >= 15 is 0 Å². The van der Waals surface area contributed by atoms with Crippen LogP contribution in [-0.4, -0.2) is 54.4 Å². The fourth-order valence-corrected chi connectivity index (χ4v) is 5.82. The van der Waals surface area contributed by atoms with Gasteiger partial charge in [0.15, 0.2) is 0 Å². The number of aryl methyl sites for hydroxylation is 1. The van der Waals surface area contributed by atoms with Crippen LogP contribution in [-0.2, 0) is 24.4 Å². The van der Waals surface area contributed by atoms with E-state index in [9.17, 15) is 37.7 Å². The maximum absolute atomic E-state index is 12.9. The molecule has 1 aliphatic heterocycles. The van der Waals surface area contributed by atoms with Crippen molar-refractivity contribution < 1.29 is 41.4 Å². The Morgan fingerprint density at radius 3 is 2.45 bits per heavy atom. The van der Waals surface area contributed by atoms with Gasteiger partial charge in [0.2, 0.25) is 5.91 Å². The second kappa shape index (κ2) is 13.3. The minimum atomic E-state index is -4.39. The summed E-state index contributed by atoms with van der Waals surface area (Å²) in [5.74, 6) is -2.19. The lowest BCUT2D eigenvalue weighted by atomic mass is 10.2. The van der Waals surface area contributed by atoms with Crippen molar-refractivity contribution in [2.45, 2.75) is 18.7 Å². The van der Waals surface area contributed by atoms with Gasteiger partial charge in [0.25, 0.3) is 16.8 Å². The van der Waals surface area contributed by atoms with Crippen molar-refractivity contribution in [1.29, 1.82) is 0 Å². The van der Waals surface area contributed by atoms with E-state index in [2.05, 4.69) is 5.32 Å². The van der Waals surface area contributed by atoms with Crippen LogP contribution in [0.25, 0.3) is 6.08 Å². The zero-order valence-corrected chi connectivity index (χ0v) is 25.3. The standard InChI is InChI=1S/C28H22ClN3O10S2/c1-3-41-27(35)21-13-18(7-11-22(21)29)30-25(33)15-31-26(34)24(43-28(31)36)12-17-5-8-19(9-6-17)42-44(39,40)20-10-4-16(2)23(14-20)32(37)38/h4-14H,3,15H2,1-2H3,(H,30,33)/b24-12-. The monoisotopic (exact) mass is 659 g/mol. The molecule has 0 bridgehead atoms. The summed E-state index contributed by atoms with van der Waals surface area (Å²) >= 11 is 6.64. The average molecular weight is 660 g/mol. The van der Waals surface area contributed by atoms with Gasteiger partial charge in [0.05, 0.1) is 27.0 Å². The Morgan fingerprint density at radius 2 is 1.80 bits per heavy atom. The Morgan fingerprint density at radius 1 is 1.09 bits per heavy atom. The fourth-order valence-electron chi connectivity index (χ4n) is 3.84. The molecule has 0 saturated carbocycles. The predicted octanol–water partition coefficient (Wildman–Crippen LogP) is 5.18. The van der Waals surface area contributed by atoms with Gasteiger partial charge in [0, 0.05) is 17.3 Å². The van der Waals surface area contributed by atoms with Crippen molar-refractivity contribution in [3.05, 3.63) is 97.4 Å². The number of amides is 3. The van der Waals surface area contributed by atoms with Gasteiger partial charge in [-0.1, -0.05) is 29.8 Å². The van der Waals surface area contributed by atoms with E-state index in [0.717, 1.165) is 11.0 Å². The molecule has 3 aromatic rings. The maximum atomic E-state index is 12.9. The lowest BCUT2D eigenvalue weighted by molar-refractivity contribution is -0.385. The molecule has 0 radical (unpaired) electrons. The van der Waals surface area contributed by atoms with Crippen LogP contribution >= 0.6 is 23.4 Å². The van der Waals surface area contributed by atoms with Crippen LogP contribution in [0.5, 0.6) is 5.75 Å². The molecule has 0 atom stereocenters. The topological polar surface area (TPSA) is 179 Å². The molecule has 13 nitrogen and oxygen atoms in total. The summed E-state index contributed by atoms with van der Waals surface area (Å²) in [6.07, 6.45) is 1.38. The van der Waals surface area contributed by atoms with Gasteiger partial charge in [-0.3, -0.25) is 29.4 Å². The number of hydrogen-bond acceptors (Lipinski definition) is 11. The molecular weight excluding hydrogens is 638 g/mol. The minimum absolute atomic E-state index is 0.0205. The first kappa shape index (κ1) is 32.2. The van der Waals surface area contributed by atoms with Gasteiger partial charge < -0.3 is 14.2 Å². The Kier molecular flexibility index (Phi) is 9.71. The summed E-state index contributed by atoms with van der Waals surface area (Å²) in [5, 5.41) is 13.1. The first-order valence-electron chi connectivity index (χ1n) is 12.6. The highest BCUT2D eigenvalue weighted by Crippen LogP contribution is 2.33. The van der Waals surface area contributed by atoms with Crippen molar-refractivity contribution in [3.8, 4) is 5.75 Å². The number of halogens is 1. The highest BCUT2D eigenvalue weighted by atomic mass is 35.5.